The first-order valence-corrected chi connectivity index (χ1v) is 8.72. The van der Waals surface area contributed by atoms with E-state index in [0.29, 0.717) is 23.8 Å². The molecule has 0 saturated heterocycles. The maximum absolute atomic E-state index is 14.0. The number of fused-ring (bicyclic) bond motifs is 1. The van der Waals surface area contributed by atoms with Crippen LogP contribution in [0.5, 0.6) is 0 Å². The van der Waals surface area contributed by atoms with Gasteiger partial charge in [0.1, 0.15) is 11.9 Å². The first-order valence-electron chi connectivity index (χ1n) is 8.34. The summed E-state index contributed by atoms with van der Waals surface area (Å²) in [5.74, 6) is 0.391. The van der Waals surface area contributed by atoms with E-state index in [0.717, 1.165) is 16.8 Å². The van der Waals surface area contributed by atoms with Crippen LogP contribution in [0.15, 0.2) is 36.4 Å². The Labute approximate surface area is 159 Å². The Hall–Kier alpha value is -2.77. The molecular weight excluding hydrogens is 371 g/mol. The normalized spacial score (nSPS) is 14.1. The molecule has 0 spiro atoms. The summed E-state index contributed by atoms with van der Waals surface area (Å²) >= 11 is 5.80. The summed E-state index contributed by atoms with van der Waals surface area (Å²) in [6.07, 6.45) is 0.0210. The van der Waals surface area contributed by atoms with Crippen molar-refractivity contribution in [2.45, 2.75) is 19.4 Å². The molecule has 27 heavy (non-hydrogen) atoms. The number of aromatic nitrogens is 3. The van der Waals surface area contributed by atoms with E-state index < -0.39 is 5.82 Å². The molecule has 0 saturated carbocycles. The number of anilines is 1. The van der Waals surface area contributed by atoms with Crippen molar-refractivity contribution < 1.29 is 13.9 Å². The highest BCUT2D eigenvalue weighted by molar-refractivity contribution is 6.30. The highest BCUT2D eigenvalue weighted by Crippen LogP contribution is 2.31. The van der Waals surface area contributed by atoms with Gasteiger partial charge in [0.2, 0.25) is 5.91 Å². The number of ether oxygens (including phenoxy) is 1. The summed E-state index contributed by atoms with van der Waals surface area (Å²) in [5.41, 5.74) is 2.90. The average molecular weight is 387 g/mol. The fourth-order valence-electron chi connectivity index (χ4n) is 2.94. The topological polar surface area (TPSA) is 69.0 Å². The second-order valence-electron chi connectivity index (χ2n) is 6.28. The van der Waals surface area contributed by atoms with Crippen LogP contribution in [0.4, 0.5) is 10.1 Å². The third-order valence-corrected chi connectivity index (χ3v) is 4.79. The van der Waals surface area contributed by atoms with E-state index in [-0.39, 0.29) is 17.0 Å². The molecule has 1 aliphatic rings. The zero-order chi connectivity index (χ0) is 19.1. The number of amides is 1. The van der Waals surface area contributed by atoms with Crippen molar-refractivity contribution >= 4 is 23.2 Å². The number of benzene rings is 2. The van der Waals surface area contributed by atoms with Crippen molar-refractivity contribution in [2.24, 2.45) is 0 Å². The fraction of sp³-hybridized carbons (Fsp3) is 0.211. The lowest BCUT2D eigenvalue weighted by Crippen LogP contribution is -2.04. The smallest absolute Gasteiger partial charge is 0.228 e. The standard InChI is InChI=1S/C19H16ClFN4O2/c1-10(27-2)18-23-19(12-4-3-11-8-17(26)22-16(11)7-12)25(24-18)13-5-6-14(20)15(21)9-13/h3-7,9-10H,8H2,1-2H3,(H,22,26). The molecule has 0 bridgehead atoms. The molecule has 2 heterocycles. The average Bonchev–Trinajstić information content (AvgIpc) is 3.25. The van der Waals surface area contributed by atoms with E-state index >= 15 is 0 Å². The first kappa shape index (κ1) is 17.6. The molecule has 0 radical (unpaired) electrons. The zero-order valence-corrected chi connectivity index (χ0v) is 15.4. The minimum absolute atomic E-state index is 0.0335. The van der Waals surface area contributed by atoms with Gasteiger partial charge in [-0.15, -0.1) is 5.10 Å². The van der Waals surface area contributed by atoms with Crippen molar-refractivity contribution in [3.8, 4) is 17.1 Å². The van der Waals surface area contributed by atoms with Gasteiger partial charge in [0, 0.05) is 24.4 Å². The van der Waals surface area contributed by atoms with Crippen LogP contribution >= 0.6 is 11.6 Å². The molecule has 1 aromatic heterocycles. The molecule has 1 aliphatic heterocycles. The van der Waals surface area contributed by atoms with Gasteiger partial charge in [-0.25, -0.2) is 14.1 Å². The number of carbonyl (C=O) groups is 1. The number of carbonyl (C=O) groups excluding carboxylic acids is 1. The molecule has 1 atom stereocenters. The molecule has 138 valence electrons. The second kappa shape index (κ2) is 6.75. The quantitative estimate of drug-likeness (QED) is 0.737. The number of methoxy groups -OCH3 is 1. The Balaban J connectivity index is 1.86. The molecule has 6 nitrogen and oxygen atoms in total. The van der Waals surface area contributed by atoms with Crippen LogP contribution in [0, 0.1) is 5.82 Å². The van der Waals surface area contributed by atoms with Crippen molar-refractivity contribution in [3.63, 3.8) is 0 Å². The highest BCUT2D eigenvalue weighted by atomic mass is 35.5. The van der Waals surface area contributed by atoms with Gasteiger partial charge >= 0.3 is 0 Å². The van der Waals surface area contributed by atoms with E-state index in [1.807, 2.05) is 25.1 Å². The summed E-state index contributed by atoms with van der Waals surface area (Å²) < 4.78 is 20.8. The minimum atomic E-state index is -0.543. The van der Waals surface area contributed by atoms with Crippen molar-refractivity contribution in [2.75, 3.05) is 12.4 Å². The minimum Gasteiger partial charge on any atom is -0.374 e. The van der Waals surface area contributed by atoms with Gasteiger partial charge in [-0.2, -0.15) is 0 Å². The molecule has 0 fully saturated rings. The number of hydrogen-bond donors (Lipinski definition) is 1. The number of nitrogens with zero attached hydrogens (tertiary/aromatic N) is 3. The monoisotopic (exact) mass is 386 g/mol. The summed E-state index contributed by atoms with van der Waals surface area (Å²) in [4.78, 5) is 16.2. The van der Waals surface area contributed by atoms with Crippen LogP contribution in [-0.4, -0.2) is 27.8 Å². The maximum atomic E-state index is 14.0. The molecule has 1 unspecified atom stereocenters. The number of rotatable bonds is 4. The van der Waals surface area contributed by atoms with Gasteiger partial charge in [-0.1, -0.05) is 23.7 Å². The molecule has 1 N–H and O–H groups in total. The van der Waals surface area contributed by atoms with Crippen LogP contribution in [-0.2, 0) is 16.0 Å². The zero-order valence-electron chi connectivity index (χ0n) is 14.7. The van der Waals surface area contributed by atoms with Gasteiger partial charge in [0.25, 0.3) is 0 Å². The van der Waals surface area contributed by atoms with E-state index in [4.69, 9.17) is 16.3 Å². The summed E-state index contributed by atoms with van der Waals surface area (Å²) in [6.45, 7) is 1.83. The Kier molecular flexibility index (Phi) is 4.41. The largest absolute Gasteiger partial charge is 0.374 e. The van der Waals surface area contributed by atoms with Gasteiger partial charge in [-0.3, -0.25) is 4.79 Å². The predicted molar refractivity (Wildman–Crippen MR) is 99.5 cm³/mol. The molecule has 2 aromatic carbocycles. The van der Waals surface area contributed by atoms with Crippen molar-refractivity contribution in [1.29, 1.82) is 0 Å². The lowest BCUT2D eigenvalue weighted by Gasteiger charge is -2.08. The van der Waals surface area contributed by atoms with Gasteiger partial charge in [0.05, 0.1) is 17.1 Å². The lowest BCUT2D eigenvalue weighted by molar-refractivity contribution is -0.115. The van der Waals surface area contributed by atoms with Gasteiger partial charge in [-0.05, 0) is 30.7 Å². The Morgan fingerprint density at radius 2 is 2.11 bits per heavy atom. The fourth-order valence-corrected chi connectivity index (χ4v) is 3.06. The molecular formula is C19H16ClFN4O2. The Morgan fingerprint density at radius 3 is 2.85 bits per heavy atom. The number of halogens is 2. The third kappa shape index (κ3) is 3.20. The van der Waals surface area contributed by atoms with Crippen LogP contribution in [0.25, 0.3) is 17.1 Å². The van der Waals surface area contributed by atoms with E-state index in [2.05, 4.69) is 15.4 Å². The SMILES string of the molecule is COC(C)c1nc(-c2ccc3c(c2)NC(=O)C3)n(-c2ccc(Cl)c(F)c2)n1. The lowest BCUT2D eigenvalue weighted by atomic mass is 10.1. The van der Waals surface area contributed by atoms with Crippen LogP contribution in [0.3, 0.4) is 0 Å². The number of nitrogens with one attached hydrogen (secondary N) is 1. The summed E-state index contributed by atoms with van der Waals surface area (Å²) in [6, 6.07) is 10.0. The highest BCUT2D eigenvalue weighted by Gasteiger charge is 2.22. The van der Waals surface area contributed by atoms with Gasteiger partial charge in [0.15, 0.2) is 11.6 Å². The molecule has 8 heteroatoms. The van der Waals surface area contributed by atoms with Crippen molar-refractivity contribution in [3.05, 3.63) is 58.6 Å². The molecule has 3 aromatic rings. The van der Waals surface area contributed by atoms with E-state index in [1.54, 1.807) is 17.9 Å². The van der Waals surface area contributed by atoms with Crippen LogP contribution < -0.4 is 5.32 Å². The first-order chi connectivity index (χ1) is 13.0. The summed E-state index contributed by atoms with van der Waals surface area (Å²) in [5, 5.41) is 7.35. The third-order valence-electron chi connectivity index (χ3n) is 4.48. The summed E-state index contributed by atoms with van der Waals surface area (Å²) in [7, 11) is 1.57. The van der Waals surface area contributed by atoms with Crippen molar-refractivity contribution in [1.82, 2.24) is 14.8 Å². The van der Waals surface area contributed by atoms with Gasteiger partial charge < -0.3 is 10.1 Å². The Morgan fingerprint density at radius 1 is 1.30 bits per heavy atom. The molecule has 0 aliphatic carbocycles. The van der Waals surface area contributed by atoms with Crippen LogP contribution in [0.2, 0.25) is 5.02 Å². The van der Waals surface area contributed by atoms with E-state index in [1.165, 1.54) is 12.1 Å². The second-order valence-corrected chi connectivity index (χ2v) is 6.69. The van der Waals surface area contributed by atoms with Crippen LogP contribution in [0.1, 0.15) is 24.4 Å². The molecule has 1 amide bonds. The number of hydrogen-bond acceptors (Lipinski definition) is 4. The van der Waals surface area contributed by atoms with E-state index in [9.17, 15) is 9.18 Å². The maximum Gasteiger partial charge on any atom is 0.228 e. The molecule has 4 rings (SSSR count). The Bertz CT molecular complexity index is 1050. The predicted octanol–water partition coefficient (Wildman–Crippen LogP) is 3.93.